The number of ether oxygens (including phenoxy) is 1. The largest absolute Gasteiger partial charge is 0.497 e. The van der Waals surface area contributed by atoms with E-state index in [1.54, 1.807) is 6.07 Å². The number of nitriles is 1. The van der Waals surface area contributed by atoms with E-state index in [0.29, 0.717) is 5.75 Å². The molecule has 0 spiro atoms. The van der Waals surface area contributed by atoms with Crippen LogP contribution in [0.2, 0.25) is 0 Å². The fraction of sp³-hybridized carbons (Fsp3) is 0.125. The maximum absolute atomic E-state index is 13.0. The van der Waals surface area contributed by atoms with Crippen molar-refractivity contribution in [1.29, 1.82) is 5.26 Å². The Labute approximate surface area is 145 Å². The summed E-state index contributed by atoms with van der Waals surface area (Å²) < 4.78 is 43.8. The van der Waals surface area contributed by atoms with Gasteiger partial charge in [0.25, 0.3) is 5.91 Å². The number of alkyl halides is 3. The highest BCUT2D eigenvalue weighted by atomic mass is 19.4. The Morgan fingerprint density at radius 3 is 2.35 bits per heavy atom. The molecule has 1 heterocycles. The van der Waals surface area contributed by atoms with E-state index >= 15 is 0 Å². The standard InChI is InChI=1S/C16H11F3N4O3/c1-26-11-4-2-10(3-5-11)14(24)23(15(25)16(17,18)19)13-12(21)6-9(7-20)8-22-13/h2-6,8H,21H2,1H3. The number of nitrogen functional groups attached to an aromatic ring is 1. The van der Waals surface area contributed by atoms with Gasteiger partial charge in [0.05, 0.1) is 18.4 Å². The third kappa shape index (κ3) is 3.72. The maximum atomic E-state index is 13.0. The van der Waals surface area contributed by atoms with Crippen molar-refractivity contribution in [3.63, 3.8) is 0 Å². The monoisotopic (exact) mass is 364 g/mol. The van der Waals surface area contributed by atoms with Gasteiger partial charge in [-0.3, -0.25) is 9.59 Å². The molecule has 134 valence electrons. The predicted octanol–water partition coefficient (Wildman–Crippen LogP) is 2.28. The van der Waals surface area contributed by atoms with Crippen LogP contribution in [0.25, 0.3) is 0 Å². The summed E-state index contributed by atoms with van der Waals surface area (Å²) in [4.78, 5) is 27.8. The summed E-state index contributed by atoms with van der Waals surface area (Å²) in [5.41, 5.74) is 4.91. The summed E-state index contributed by atoms with van der Waals surface area (Å²) >= 11 is 0. The van der Waals surface area contributed by atoms with E-state index in [9.17, 15) is 22.8 Å². The second kappa shape index (κ2) is 7.10. The van der Waals surface area contributed by atoms with Gasteiger partial charge >= 0.3 is 12.1 Å². The van der Waals surface area contributed by atoms with Crippen LogP contribution in [0.1, 0.15) is 15.9 Å². The van der Waals surface area contributed by atoms with Crippen LogP contribution in [0, 0.1) is 11.3 Å². The quantitative estimate of drug-likeness (QED) is 0.895. The molecule has 0 aliphatic heterocycles. The molecule has 7 nitrogen and oxygen atoms in total. The molecule has 2 aromatic rings. The molecule has 0 unspecified atom stereocenters. The number of halogens is 3. The summed E-state index contributed by atoms with van der Waals surface area (Å²) in [6.45, 7) is 0. The van der Waals surface area contributed by atoms with Gasteiger partial charge in [-0.05, 0) is 30.3 Å². The van der Waals surface area contributed by atoms with Crippen molar-refractivity contribution in [2.45, 2.75) is 6.18 Å². The summed E-state index contributed by atoms with van der Waals surface area (Å²) in [6, 6.07) is 7.79. The highest BCUT2D eigenvalue weighted by Gasteiger charge is 2.46. The zero-order chi connectivity index (χ0) is 19.5. The van der Waals surface area contributed by atoms with Crippen molar-refractivity contribution in [2.75, 3.05) is 17.7 Å². The van der Waals surface area contributed by atoms with Crippen molar-refractivity contribution < 1.29 is 27.5 Å². The van der Waals surface area contributed by atoms with Gasteiger partial charge < -0.3 is 10.5 Å². The van der Waals surface area contributed by atoms with E-state index < -0.39 is 29.5 Å². The fourth-order valence-corrected chi connectivity index (χ4v) is 2.00. The summed E-state index contributed by atoms with van der Waals surface area (Å²) in [6.07, 6.45) is -4.44. The van der Waals surface area contributed by atoms with Crippen LogP contribution in [0.5, 0.6) is 5.75 Å². The minimum Gasteiger partial charge on any atom is -0.497 e. The smallest absolute Gasteiger partial charge is 0.472 e. The lowest BCUT2D eigenvalue weighted by Gasteiger charge is -2.22. The number of nitrogens with two attached hydrogens (primary N) is 1. The molecule has 0 saturated carbocycles. The Kier molecular flexibility index (Phi) is 5.11. The first-order valence-electron chi connectivity index (χ1n) is 6.94. The first-order chi connectivity index (χ1) is 12.2. The number of aromatic nitrogens is 1. The average molecular weight is 364 g/mol. The van der Waals surface area contributed by atoms with Crippen LogP contribution < -0.4 is 15.4 Å². The highest BCUT2D eigenvalue weighted by molar-refractivity contribution is 6.23. The molecule has 0 radical (unpaired) electrons. The topological polar surface area (TPSA) is 109 Å². The molecular weight excluding hydrogens is 353 g/mol. The Bertz CT molecular complexity index is 889. The van der Waals surface area contributed by atoms with E-state index in [4.69, 9.17) is 15.7 Å². The van der Waals surface area contributed by atoms with Crippen molar-refractivity contribution in [2.24, 2.45) is 0 Å². The number of anilines is 2. The number of imide groups is 1. The molecule has 2 amide bonds. The summed E-state index contributed by atoms with van der Waals surface area (Å²) in [7, 11) is 1.37. The van der Waals surface area contributed by atoms with Gasteiger partial charge in [-0.2, -0.15) is 18.4 Å². The molecule has 1 aromatic carbocycles. The van der Waals surface area contributed by atoms with Gasteiger partial charge in [0.15, 0.2) is 5.82 Å². The first kappa shape index (κ1) is 18.7. The SMILES string of the molecule is COc1ccc(C(=O)N(C(=O)C(F)(F)F)c2ncc(C#N)cc2N)cc1. The molecule has 0 aliphatic rings. The van der Waals surface area contributed by atoms with Crippen LogP contribution in [-0.2, 0) is 4.79 Å². The molecule has 0 bridgehead atoms. The second-order valence-corrected chi connectivity index (χ2v) is 4.92. The average Bonchev–Trinajstić information content (AvgIpc) is 2.62. The molecule has 26 heavy (non-hydrogen) atoms. The zero-order valence-corrected chi connectivity index (χ0v) is 13.2. The van der Waals surface area contributed by atoms with Crippen LogP contribution in [0.3, 0.4) is 0 Å². The van der Waals surface area contributed by atoms with Gasteiger partial charge in [0, 0.05) is 11.8 Å². The number of amides is 2. The summed E-state index contributed by atoms with van der Waals surface area (Å²) in [5.74, 6) is -4.08. The Hall–Kier alpha value is -3.61. The Balaban J connectivity index is 2.56. The van der Waals surface area contributed by atoms with E-state index in [2.05, 4.69) is 4.98 Å². The van der Waals surface area contributed by atoms with E-state index in [1.807, 2.05) is 0 Å². The minimum absolute atomic E-state index is 0.0393. The Morgan fingerprint density at radius 1 is 1.27 bits per heavy atom. The van der Waals surface area contributed by atoms with Crippen LogP contribution in [-0.4, -0.2) is 30.1 Å². The molecule has 2 rings (SSSR count). The number of carbonyl (C=O) groups excluding carboxylic acids is 2. The second-order valence-electron chi connectivity index (χ2n) is 4.92. The molecule has 1 aromatic heterocycles. The number of nitrogens with zero attached hydrogens (tertiary/aromatic N) is 3. The number of hydrogen-bond acceptors (Lipinski definition) is 6. The molecule has 10 heteroatoms. The van der Waals surface area contributed by atoms with E-state index in [0.717, 1.165) is 12.3 Å². The number of hydrogen-bond donors (Lipinski definition) is 1. The number of carbonyl (C=O) groups is 2. The predicted molar refractivity (Wildman–Crippen MR) is 84.2 cm³/mol. The molecule has 0 fully saturated rings. The van der Waals surface area contributed by atoms with Crippen molar-refractivity contribution in [3.05, 3.63) is 47.7 Å². The molecule has 2 N–H and O–H groups in total. The van der Waals surface area contributed by atoms with Gasteiger partial charge in [-0.1, -0.05) is 0 Å². The van der Waals surface area contributed by atoms with Gasteiger partial charge in [0.1, 0.15) is 11.8 Å². The third-order valence-corrected chi connectivity index (χ3v) is 3.22. The zero-order valence-electron chi connectivity index (χ0n) is 13.2. The fourth-order valence-electron chi connectivity index (χ4n) is 2.00. The number of benzene rings is 1. The van der Waals surface area contributed by atoms with Crippen molar-refractivity contribution in [3.8, 4) is 11.8 Å². The molecular formula is C16H11F3N4O3. The van der Waals surface area contributed by atoms with Crippen molar-refractivity contribution >= 4 is 23.3 Å². The lowest BCUT2D eigenvalue weighted by Crippen LogP contribution is -2.46. The summed E-state index contributed by atoms with van der Waals surface area (Å²) in [5, 5.41) is 8.78. The van der Waals surface area contributed by atoms with Crippen molar-refractivity contribution in [1.82, 2.24) is 4.98 Å². The van der Waals surface area contributed by atoms with Crippen LogP contribution >= 0.6 is 0 Å². The molecule has 0 aliphatic carbocycles. The van der Waals surface area contributed by atoms with Gasteiger partial charge in [-0.15, -0.1) is 0 Å². The maximum Gasteiger partial charge on any atom is 0.472 e. The lowest BCUT2D eigenvalue weighted by atomic mass is 10.1. The minimum atomic E-state index is -5.34. The number of methoxy groups -OCH3 is 1. The normalized spacial score (nSPS) is 10.7. The third-order valence-electron chi connectivity index (χ3n) is 3.22. The molecule has 0 saturated heterocycles. The van der Waals surface area contributed by atoms with E-state index in [1.165, 1.54) is 31.4 Å². The lowest BCUT2D eigenvalue weighted by molar-refractivity contribution is -0.169. The molecule has 0 atom stereocenters. The number of pyridine rings is 1. The number of rotatable bonds is 3. The van der Waals surface area contributed by atoms with E-state index in [-0.39, 0.29) is 16.0 Å². The Morgan fingerprint density at radius 2 is 1.88 bits per heavy atom. The highest BCUT2D eigenvalue weighted by Crippen LogP contribution is 2.28. The van der Waals surface area contributed by atoms with Crippen LogP contribution in [0.15, 0.2) is 36.5 Å². The van der Waals surface area contributed by atoms with Crippen LogP contribution in [0.4, 0.5) is 24.7 Å². The van der Waals surface area contributed by atoms with Gasteiger partial charge in [-0.25, -0.2) is 9.88 Å². The first-order valence-corrected chi connectivity index (χ1v) is 6.94. The van der Waals surface area contributed by atoms with Gasteiger partial charge in [0.2, 0.25) is 0 Å².